The van der Waals surface area contributed by atoms with Crippen molar-refractivity contribution in [2.45, 2.75) is 32.7 Å². The number of nitrogens with zero attached hydrogens (tertiary/aromatic N) is 3. The molecular weight excluding hydrogens is 304 g/mol. The molecule has 0 spiro atoms. The predicted molar refractivity (Wildman–Crippen MR) is 95.5 cm³/mol. The van der Waals surface area contributed by atoms with Gasteiger partial charge in [0.15, 0.2) is 0 Å². The topological polar surface area (TPSA) is 55.9 Å². The van der Waals surface area contributed by atoms with E-state index in [1.165, 1.54) is 12.1 Å². The molecule has 1 aromatic carbocycles. The lowest BCUT2D eigenvalue weighted by atomic mass is 10.1. The Balaban J connectivity index is 1.61. The number of carbonyl (C=O) groups excluding carboxylic acids is 2. The monoisotopic (exact) mass is 330 g/mol. The van der Waals surface area contributed by atoms with Crippen molar-refractivity contribution in [2.75, 3.05) is 42.5 Å². The van der Waals surface area contributed by atoms with E-state index >= 15 is 0 Å². The van der Waals surface area contributed by atoms with Crippen LogP contribution in [0.25, 0.3) is 0 Å². The number of hydrogen-bond acceptors (Lipinski definition) is 4. The van der Waals surface area contributed by atoms with Crippen LogP contribution in [0.5, 0.6) is 0 Å². The van der Waals surface area contributed by atoms with Crippen molar-refractivity contribution in [1.29, 1.82) is 0 Å². The van der Waals surface area contributed by atoms with E-state index in [0.717, 1.165) is 31.9 Å². The molecular formula is C18H26N4O2. The fraction of sp³-hybridized carbons (Fsp3) is 0.556. The maximum absolute atomic E-state index is 11.9. The fourth-order valence-electron chi connectivity index (χ4n) is 3.33. The Morgan fingerprint density at radius 3 is 2.21 bits per heavy atom. The molecule has 6 heteroatoms. The minimum atomic E-state index is -0.332. The minimum absolute atomic E-state index is 0.202. The zero-order valence-corrected chi connectivity index (χ0v) is 14.5. The standard InChI is InChI=1S/C18H26N4O2/c1-3-14(2)20-10-12-21(13-11-20)15-4-6-16(7-5-15)22-9-8-17(23)19-18(22)24/h4-7,14H,3,8-13H2,1-2H3,(H,19,23,24). The van der Waals surface area contributed by atoms with E-state index in [4.69, 9.17) is 0 Å². The Morgan fingerprint density at radius 1 is 1.00 bits per heavy atom. The molecule has 2 aliphatic rings. The molecule has 6 nitrogen and oxygen atoms in total. The van der Waals surface area contributed by atoms with Crippen molar-refractivity contribution >= 4 is 23.3 Å². The lowest BCUT2D eigenvalue weighted by molar-refractivity contribution is -0.120. The molecule has 3 rings (SSSR count). The average molecular weight is 330 g/mol. The van der Waals surface area contributed by atoms with Crippen LogP contribution in [-0.2, 0) is 4.79 Å². The van der Waals surface area contributed by atoms with Gasteiger partial charge in [-0.3, -0.25) is 19.9 Å². The Morgan fingerprint density at radius 2 is 1.62 bits per heavy atom. The second kappa shape index (κ2) is 7.21. The summed E-state index contributed by atoms with van der Waals surface area (Å²) in [6.07, 6.45) is 1.54. The molecule has 3 amide bonds. The molecule has 0 radical (unpaired) electrons. The maximum atomic E-state index is 11.9. The molecule has 24 heavy (non-hydrogen) atoms. The normalized spacial score (nSPS) is 20.9. The van der Waals surface area contributed by atoms with Crippen LogP contribution in [0, 0.1) is 0 Å². The van der Waals surface area contributed by atoms with E-state index < -0.39 is 0 Å². The van der Waals surface area contributed by atoms with Crippen molar-refractivity contribution in [3.05, 3.63) is 24.3 Å². The smallest absolute Gasteiger partial charge is 0.328 e. The second-order valence-electron chi connectivity index (χ2n) is 6.55. The number of rotatable bonds is 4. The number of hydrogen-bond donors (Lipinski definition) is 1. The number of carbonyl (C=O) groups is 2. The van der Waals surface area contributed by atoms with Gasteiger partial charge in [0.05, 0.1) is 0 Å². The van der Waals surface area contributed by atoms with Gasteiger partial charge in [0.1, 0.15) is 0 Å². The van der Waals surface area contributed by atoms with Gasteiger partial charge >= 0.3 is 6.03 Å². The summed E-state index contributed by atoms with van der Waals surface area (Å²) in [5.74, 6) is -0.202. The van der Waals surface area contributed by atoms with E-state index in [0.29, 0.717) is 19.0 Å². The zero-order chi connectivity index (χ0) is 17.1. The number of imide groups is 1. The molecule has 2 fully saturated rings. The molecule has 1 atom stereocenters. The van der Waals surface area contributed by atoms with E-state index in [2.05, 4.69) is 41.1 Å². The lowest BCUT2D eigenvalue weighted by Gasteiger charge is -2.39. The number of urea groups is 1. The highest BCUT2D eigenvalue weighted by Gasteiger charge is 2.24. The molecule has 1 N–H and O–H groups in total. The predicted octanol–water partition coefficient (Wildman–Crippen LogP) is 2.05. The number of benzene rings is 1. The molecule has 130 valence electrons. The van der Waals surface area contributed by atoms with Gasteiger partial charge in [0.25, 0.3) is 0 Å². The van der Waals surface area contributed by atoms with Gasteiger partial charge in [-0.25, -0.2) is 4.79 Å². The SMILES string of the molecule is CCC(C)N1CCN(c2ccc(N3CCC(=O)NC3=O)cc2)CC1. The highest BCUT2D eigenvalue weighted by molar-refractivity contribution is 6.05. The van der Waals surface area contributed by atoms with Crippen LogP contribution in [0.2, 0.25) is 0 Å². The van der Waals surface area contributed by atoms with Gasteiger partial charge in [0, 0.05) is 56.6 Å². The highest BCUT2D eigenvalue weighted by Crippen LogP contribution is 2.23. The Hall–Kier alpha value is -2.08. The molecule has 2 heterocycles. The van der Waals surface area contributed by atoms with Gasteiger partial charge in [-0.15, -0.1) is 0 Å². The summed E-state index contributed by atoms with van der Waals surface area (Å²) in [6, 6.07) is 8.38. The van der Waals surface area contributed by atoms with Gasteiger partial charge in [0.2, 0.25) is 5.91 Å². The van der Waals surface area contributed by atoms with E-state index in [1.54, 1.807) is 4.90 Å². The van der Waals surface area contributed by atoms with E-state index in [1.807, 2.05) is 12.1 Å². The molecule has 0 aromatic heterocycles. The van der Waals surface area contributed by atoms with Crippen molar-refractivity contribution < 1.29 is 9.59 Å². The van der Waals surface area contributed by atoms with Crippen molar-refractivity contribution in [2.24, 2.45) is 0 Å². The van der Waals surface area contributed by atoms with Gasteiger partial charge in [-0.2, -0.15) is 0 Å². The number of nitrogens with one attached hydrogen (secondary N) is 1. The molecule has 0 aliphatic carbocycles. The summed E-state index contributed by atoms with van der Waals surface area (Å²) in [5, 5.41) is 2.36. The Labute approximate surface area is 143 Å². The molecule has 0 saturated carbocycles. The summed E-state index contributed by atoms with van der Waals surface area (Å²) in [6.45, 7) is 9.21. The van der Waals surface area contributed by atoms with Crippen LogP contribution in [0.4, 0.5) is 16.2 Å². The first-order valence-electron chi connectivity index (χ1n) is 8.79. The van der Waals surface area contributed by atoms with Gasteiger partial charge in [-0.05, 0) is 37.6 Å². The van der Waals surface area contributed by atoms with Gasteiger partial charge in [-0.1, -0.05) is 6.92 Å². The largest absolute Gasteiger partial charge is 0.369 e. The van der Waals surface area contributed by atoms with Crippen molar-refractivity contribution in [3.8, 4) is 0 Å². The number of piperazine rings is 1. The lowest BCUT2D eigenvalue weighted by Crippen LogP contribution is -2.50. The molecule has 1 aromatic rings. The molecule has 1 unspecified atom stereocenters. The quantitative estimate of drug-likeness (QED) is 0.918. The van der Waals surface area contributed by atoms with E-state index in [-0.39, 0.29) is 11.9 Å². The van der Waals surface area contributed by atoms with Crippen molar-refractivity contribution in [3.63, 3.8) is 0 Å². The minimum Gasteiger partial charge on any atom is -0.369 e. The number of anilines is 2. The molecule has 0 bridgehead atoms. The first-order valence-corrected chi connectivity index (χ1v) is 8.79. The van der Waals surface area contributed by atoms with Crippen LogP contribution >= 0.6 is 0 Å². The van der Waals surface area contributed by atoms with Crippen LogP contribution < -0.4 is 15.1 Å². The number of amides is 3. The first kappa shape index (κ1) is 16.8. The summed E-state index contributed by atoms with van der Waals surface area (Å²) in [4.78, 5) is 29.7. The second-order valence-corrected chi connectivity index (χ2v) is 6.55. The summed E-state index contributed by atoms with van der Waals surface area (Å²) >= 11 is 0. The average Bonchev–Trinajstić information content (AvgIpc) is 2.61. The third-order valence-electron chi connectivity index (χ3n) is 5.11. The van der Waals surface area contributed by atoms with E-state index in [9.17, 15) is 9.59 Å². The summed E-state index contributed by atoms with van der Waals surface area (Å²) in [7, 11) is 0. The van der Waals surface area contributed by atoms with Crippen LogP contribution in [0.3, 0.4) is 0 Å². The van der Waals surface area contributed by atoms with Crippen LogP contribution in [0.1, 0.15) is 26.7 Å². The highest BCUT2D eigenvalue weighted by atomic mass is 16.2. The molecule has 2 saturated heterocycles. The third-order valence-corrected chi connectivity index (χ3v) is 5.11. The maximum Gasteiger partial charge on any atom is 0.328 e. The summed E-state index contributed by atoms with van der Waals surface area (Å²) < 4.78 is 0. The van der Waals surface area contributed by atoms with Crippen molar-refractivity contribution in [1.82, 2.24) is 10.2 Å². The Bertz CT molecular complexity index is 594. The zero-order valence-electron chi connectivity index (χ0n) is 14.5. The Kier molecular flexibility index (Phi) is 5.04. The molecule has 2 aliphatic heterocycles. The third kappa shape index (κ3) is 3.53. The first-order chi connectivity index (χ1) is 11.6. The van der Waals surface area contributed by atoms with Crippen LogP contribution in [0.15, 0.2) is 24.3 Å². The van der Waals surface area contributed by atoms with Gasteiger partial charge < -0.3 is 4.90 Å². The fourth-order valence-corrected chi connectivity index (χ4v) is 3.33. The summed E-state index contributed by atoms with van der Waals surface area (Å²) in [5.41, 5.74) is 2.03. The van der Waals surface area contributed by atoms with Crippen LogP contribution in [-0.4, -0.2) is 55.6 Å².